The zero-order valence-electron chi connectivity index (χ0n) is 19.4. The predicted molar refractivity (Wildman–Crippen MR) is 126 cm³/mol. The second-order valence-electron chi connectivity index (χ2n) is 9.77. The number of hydrazone groups is 1. The van der Waals surface area contributed by atoms with Gasteiger partial charge in [0, 0.05) is 25.7 Å². The van der Waals surface area contributed by atoms with E-state index in [1.54, 1.807) is 33.9 Å². The summed E-state index contributed by atoms with van der Waals surface area (Å²) in [7, 11) is -1.45. The Kier molecular flexibility index (Phi) is 4.91. The zero-order chi connectivity index (χ0) is 24.4. The molecule has 2 fully saturated rings. The highest BCUT2D eigenvalue weighted by Gasteiger charge is 2.60. The molecule has 1 aromatic heterocycles. The molecule has 35 heavy (non-hydrogen) atoms. The Morgan fingerprint density at radius 2 is 1.97 bits per heavy atom. The van der Waals surface area contributed by atoms with Crippen LogP contribution in [0.1, 0.15) is 58.6 Å². The number of aryl methyl sites for hydroxylation is 1. The number of nitriles is 1. The van der Waals surface area contributed by atoms with E-state index >= 15 is 0 Å². The van der Waals surface area contributed by atoms with Crippen LogP contribution in [0.25, 0.3) is 0 Å². The van der Waals surface area contributed by atoms with Gasteiger partial charge in [0.25, 0.3) is 5.91 Å². The first-order chi connectivity index (χ1) is 16.8. The van der Waals surface area contributed by atoms with E-state index in [0.717, 1.165) is 24.0 Å². The molecular weight excluding hydrogens is 468 g/mol. The van der Waals surface area contributed by atoms with E-state index in [-0.39, 0.29) is 17.7 Å². The van der Waals surface area contributed by atoms with Gasteiger partial charge in [0.05, 0.1) is 28.2 Å². The van der Waals surface area contributed by atoms with Gasteiger partial charge in [-0.15, -0.1) is 10.2 Å². The van der Waals surface area contributed by atoms with Gasteiger partial charge in [-0.1, -0.05) is 12.1 Å². The van der Waals surface area contributed by atoms with Crippen LogP contribution in [0, 0.1) is 11.3 Å². The van der Waals surface area contributed by atoms with Crippen LogP contribution in [0.4, 0.5) is 0 Å². The van der Waals surface area contributed by atoms with Gasteiger partial charge in [-0.25, -0.2) is 14.0 Å². The summed E-state index contributed by atoms with van der Waals surface area (Å²) >= 11 is 0. The summed E-state index contributed by atoms with van der Waals surface area (Å²) in [5, 5.41) is 19.4. The van der Waals surface area contributed by atoms with Crippen molar-refractivity contribution in [3.63, 3.8) is 0 Å². The lowest BCUT2D eigenvalue weighted by molar-refractivity contribution is 0.0724. The number of carbonyl (C=O) groups is 1. The minimum atomic E-state index is -3.18. The first-order valence-corrected chi connectivity index (χ1v) is 13.3. The van der Waals surface area contributed by atoms with Gasteiger partial charge in [0.2, 0.25) is 0 Å². The molecule has 0 bridgehead atoms. The van der Waals surface area contributed by atoms with Crippen molar-refractivity contribution in [3.8, 4) is 6.07 Å². The summed E-state index contributed by atoms with van der Waals surface area (Å²) in [6.45, 7) is 1.23. The quantitative estimate of drug-likeness (QED) is 0.571. The number of aromatic nitrogens is 2. The van der Waals surface area contributed by atoms with Crippen molar-refractivity contribution in [2.24, 2.45) is 12.1 Å². The molecule has 0 unspecified atom stereocenters. The highest BCUT2D eigenvalue weighted by atomic mass is 32.2. The maximum atomic E-state index is 13.4. The van der Waals surface area contributed by atoms with Crippen molar-refractivity contribution >= 4 is 21.6 Å². The Morgan fingerprint density at radius 3 is 2.63 bits per heavy atom. The van der Waals surface area contributed by atoms with Crippen LogP contribution in [-0.4, -0.2) is 63.0 Å². The number of sulfone groups is 1. The molecule has 2 saturated carbocycles. The van der Waals surface area contributed by atoms with E-state index < -0.39 is 14.6 Å². The summed E-state index contributed by atoms with van der Waals surface area (Å²) < 4.78 is 26.7. The lowest BCUT2D eigenvalue weighted by Crippen LogP contribution is -2.47. The summed E-state index contributed by atoms with van der Waals surface area (Å²) in [6, 6.07) is 9.40. The third-order valence-electron chi connectivity index (χ3n) is 7.29. The van der Waals surface area contributed by atoms with Crippen LogP contribution in [-0.2, 0) is 29.9 Å². The Hall–Kier alpha value is -3.43. The molecule has 12 heteroatoms. The van der Waals surface area contributed by atoms with E-state index in [9.17, 15) is 13.2 Å². The van der Waals surface area contributed by atoms with Gasteiger partial charge in [-0.2, -0.15) is 10.4 Å². The summed E-state index contributed by atoms with van der Waals surface area (Å²) in [5.41, 5.74) is 9.62. The second-order valence-corrected chi connectivity index (χ2v) is 12.4. The van der Waals surface area contributed by atoms with Crippen LogP contribution in [0.2, 0.25) is 0 Å². The predicted octanol–water partition coefficient (Wildman–Crippen LogP) is 0.586. The topological polar surface area (TPSA) is 136 Å². The van der Waals surface area contributed by atoms with Crippen LogP contribution in [0.5, 0.6) is 0 Å². The minimum Gasteiger partial charge on any atom is -0.335 e. The second kappa shape index (κ2) is 7.79. The van der Waals surface area contributed by atoms with E-state index in [4.69, 9.17) is 5.26 Å². The van der Waals surface area contributed by atoms with Gasteiger partial charge >= 0.3 is 0 Å². The molecule has 0 spiro atoms. The smallest absolute Gasteiger partial charge is 0.272 e. The molecule has 0 atom stereocenters. The molecule has 0 saturated heterocycles. The van der Waals surface area contributed by atoms with Crippen molar-refractivity contribution in [2.45, 2.75) is 48.6 Å². The van der Waals surface area contributed by atoms with E-state index in [1.807, 2.05) is 12.1 Å². The molecule has 2 aliphatic carbocycles. The number of amides is 1. The molecular formula is C23H26N8O3S. The fraction of sp³-hybridized carbons (Fsp3) is 0.478. The summed E-state index contributed by atoms with van der Waals surface area (Å²) in [6.07, 6.45) is 3.36. The van der Waals surface area contributed by atoms with Crippen molar-refractivity contribution in [3.05, 3.63) is 52.3 Å². The average molecular weight is 495 g/mol. The summed E-state index contributed by atoms with van der Waals surface area (Å²) in [5.74, 6) is 0.345. The number of fused-ring (bicyclic) bond motifs is 1. The molecule has 2 aromatic rings. The number of hydrazine groups is 2. The highest BCUT2D eigenvalue weighted by Crippen LogP contribution is 2.50. The maximum Gasteiger partial charge on any atom is 0.272 e. The fourth-order valence-corrected chi connectivity index (χ4v) is 7.47. The Bertz CT molecular complexity index is 1380. The summed E-state index contributed by atoms with van der Waals surface area (Å²) in [4.78, 5) is 15.1. The first-order valence-electron chi connectivity index (χ1n) is 11.8. The van der Waals surface area contributed by atoms with Crippen molar-refractivity contribution in [1.82, 2.24) is 30.8 Å². The Labute approximate surface area is 203 Å². The largest absolute Gasteiger partial charge is 0.335 e. The van der Waals surface area contributed by atoms with Crippen LogP contribution in [0.15, 0.2) is 29.4 Å². The standard InChI is InChI=1S/C23H26N8O3S/c1-29-20-18(8-11-30(22(20)32)14-23(9-10-23)35(33,34)17-6-7-17)19(26-29)21-25-28-31(27-21)13-16-4-2-15(12-24)3-5-16/h2-5,17,28H,6-11,13-14H2,1H3,(H,25,27). The molecule has 0 radical (unpaired) electrons. The number of hydrogen-bond donors (Lipinski definition) is 2. The first kappa shape index (κ1) is 22.1. The highest BCUT2D eigenvalue weighted by molar-refractivity contribution is 7.94. The average Bonchev–Trinajstić information content (AvgIpc) is 3.77. The zero-order valence-corrected chi connectivity index (χ0v) is 20.2. The van der Waals surface area contributed by atoms with Crippen molar-refractivity contribution < 1.29 is 13.2 Å². The molecule has 2 N–H and O–H groups in total. The van der Waals surface area contributed by atoms with Crippen LogP contribution < -0.4 is 11.0 Å². The minimum absolute atomic E-state index is 0.175. The number of rotatable bonds is 7. The van der Waals surface area contributed by atoms with Gasteiger partial charge in [-0.05, 0) is 49.8 Å². The number of hydrogen-bond acceptors (Lipinski definition) is 9. The lowest BCUT2D eigenvalue weighted by atomic mass is 10.0. The molecule has 11 nitrogen and oxygen atoms in total. The number of nitrogens with zero attached hydrogens (tertiary/aromatic N) is 6. The molecule has 182 valence electrons. The number of benzene rings is 1. The number of amidine groups is 1. The Morgan fingerprint density at radius 1 is 1.23 bits per heavy atom. The van der Waals surface area contributed by atoms with Gasteiger partial charge < -0.3 is 4.90 Å². The molecule has 1 amide bonds. The van der Waals surface area contributed by atoms with Crippen molar-refractivity contribution in [2.75, 3.05) is 13.1 Å². The molecule has 3 heterocycles. The van der Waals surface area contributed by atoms with E-state index in [0.29, 0.717) is 55.1 Å². The maximum absolute atomic E-state index is 13.4. The Balaban J connectivity index is 1.17. The van der Waals surface area contributed by atoms with Gasteiger partial charge in [-0.3, -0.25) is 14.9 Å². The number of nitrogens with one attached hydrogen (secondary N) is 2. The van der Waals surface area contributed by atoms with Crippen molar-refractivity contribution in [1.29, 1.82) is 5.26 Å². The SMILES string of the molecule is Cn1nc(C2=NNN(Cc3ccc(C#N)cc3)N2)c2c1C(=O)N(CC1(S(=O)(=O)C3CC3)CC1)CC2. The van der Waals surface area contributed by atoms with Crippen LogP contribution >= 0.6 is 0 Å². The monoisotopic (exact) mass is 494 g/mol. The van der Waals surface area contributed by atoms with Crippen LogP contribution in [0.3, 0.4) is 0 Å². The normalized spacial score (nSPS) is 21.1. The molecule has 1 aromatic carbocycles. The van der Waals surface area contributed by atoms with E-state index in [2.05, 4.69) is 27.2 Å². The lowest BCUT2D eigenvalue weighted by Gasteiger charge is -2.31. The van der Waals surface area contributed by atoms with E-state index in [1.165, 1.54) is 0 Å². The molecule has 4 aliphatic rings. The third-order valence-corrected chi connectivity index (χ3v) is 10.4. The number of carbonyl (C=O) groups excluding carboxylic acids is 1. The fourth-order valence-electron chi connectivity index (χ4n) is 5.00. The third kappa shape index (κ3) is 3.66. The van der Waals surface area contributed by atoms with Gasteiger partial charge in [0.1, 0.15) is 11.4 Å². The molecule has 2 aliphatic heterocycles. The van der Waals surface area contributed by atoms with Gasteiger partial charge in [0.15, 0.2) is 15.7 Å². The molecule has 6 rings (SSSR count).